The number of rotatable bonds is 7. The van der Waals surface area contributed by atoms with Crippen molar-refractivity contribution in [2.24, 2.45) is 0 Å². The molecule has 0 amide bonds. The Morgan fingerprint density at radius 3 is 2.67 bits per heavy atom. The number of hydrogen-bond donors (Lipinski definition) is 1. The van der Waals surface area contributed by atoms with Crippen molar-refractivity contribution in [2.75, 3.05) is 12.9 Å². The Morgan fingerprint density at radius 1 is 1.39 bits per heavy atom. The normalized spacial score (nSPS) is 11.5. The molecule has 0 bridgehead atoms. The molecule has 4 nitrogen and oxygen atoms in total. The van der Waals surface area contributed by atoms with Gasteiger partial charge in [-0.05, 0) is 24.1 Å². The van der Waals surface area contributed by atoms with Gasteiger partial charge in [0.1, 0.15) is 5.75 Å². The zero-order chi connectivity index (χ0) is 13.6. The summed E-state index contributed by atoms with van der Waals surface area (Å²) in [6.45, 7) is 2.95. The van der Waals surface area contributed by atoms with E-state index in [0.29, 0.717) is 17.4 Å². The topological polar surface area (TPSA) is 55.4 Å². The quantitative estimate of drug-likeness (QED) is 0.786. The zero-order valence-corrected chi connectivity index (χ0v) is 12.1. The summed E-state index contributed by atoms with van der Waals surface area (Å²) in [4.78, 5) is 0. The van der Waals surface area contributed by atoms with E-state index in [1.54, 1.807) is 18.2 Å². The minimum Gasteiger partial charge on any atom is -0.492 e. The summed E-state index contributed by atoms with van der Waals surface area (Å²) in [5.74, 6) is 0.633. The third-order valence-electron chi connectivity index (χ3n) is 2.29. The molecule has 1 aromatic carbocycles. The Bertz CT molecular complexity index is 488. The monoisotopic (exact) mass is 291 g/mol. The van der Waals surface area contributed by atoms with Gasteiger partial charge >= 0.3 is 0 Å². The van der Waals surface area contributed by atoms with E-state index >= 15 is 0 Å². The van der Waals surface area contributed by atoms with Crippen molar-refractivity contribution in [3.05, 3.63) is 28.8 Å². The summed E-state index contributed by atoms with van der Waals surface area (Å²) in [6.07, 6.45) is 3.17. The maximum Gasteiger partial charge on any atom is 0.209 e. The second kappa shape index (κ2) is 6.97. The van der Waals surface area contributed by atoms with Crippen molar-refractivity contribution < 1.29 is 13.2 Å². The molecule has 0 aromatic heterocycles. The first kappa shape index (κ1) is 15.3. The van der Waals surface area contributed by atoms with Crippen molar-refractivity contribution in [3.8, 4) is 5.75 Å². The third kappa shape index (κ3) is 5.71. The molecule has 1 rings (SSSR count). The van der Waals surface area contributed by atoms with E-state index in [0.717, 1.165) is 24.7 Å². The molecule has 0 aliphatic rings. The first-order chi connectivity index (χ1) is 8.42. The average Bonchev–Trinajstić information content (AvgIpc) is 2.28. The van der Waals surface area contributed by atoms with Gasteiger partial charge in [0.2, 0.25) is 10.0 Å². The lowest BCUT2D eigenvalue weighted by molar-refractivity contribution is 0.309. The van der Waals surface area contributed by atoms with Crippen LogP contribution >= 0.6 is 11.6 Å². The second-order valence-electron chi connectivity index (χ2n) is 4.06. The molecule has 18 heavy (non-hydrogen) atoms. The SMILES string of the molecule is CCCCOc1ccc(CNS(C)(=O)=O)cc1Cl. The van der Waals surface area contributed by atoms with Gasteiger partial charge in [0, 0.05) is 6.54 Å². The van der Waals surface area contributed by atoms with E-state index < -0.39 is 10.0 Å². The van der Waals surface area contributed by atoms with Crippen LogP contribution in [0.4, 0.5) is 0 Å². The Morgan fingerprint density at radius 2 is 2.11 bits per heavy atom. The largest absolute Gasteiger partial charge is 0.492 e. The predicted molar refractivity (Wildman–Crippen MR) is 73.5 cm³/mol. The predicted octanol–water partition coefficient (Wildman–Crippen LogP) is 2.57. The molecule has 0 fully saturated rings. The number of unbranched alkanes of at least 4 members (excludes halogenated alkanes) is 1. The lowest BCUT2D eigenvalue weighted by Gasteiger charge is -2.09. The zero-order valence-electron chi connectivity index (χ0n) is 10.6. The van der Waals surface area contributed by atoms with E-state index in [2.05, 4.69) is 11.6 Å². The Hall–Kier alpha value is -0.780. The van der Waals surface area contributed by atoms with Crippen LogP contribution in [-0.2, 0) is 16.6 Å². The lowest BCUT2D eigenvalue weighted by atomic mass is 10.2. The van der Waals surface area contributed by atoms with Crippen molar-refractivity contribution in [1.82, 2.24) is 4.72 Å². The van der Waals surface area contributed by atoms with Gasteiger partial charge in [-0.2, -0.15) is 0 Å². The number of halogens is 1. The molecule has 0 heterocycles. The van der Waals surface area contributed by atoms with Crippen LogP contribution in [0.3, 0.4) is 0 Å². The molecule has 1 aromatic rings. The van der Waals surface area contributed by atoms with Crippen LogP contribution in [0.5, 0.6) is 5.75 Å². The third-order valence-corrected chi connectivity index (χ3v) is 3.25. The molecule has 0 saturated heterocycles. The smallest absolute Gasteiger partial charge is 0.209 e. The van der Waals surface area contributed by atoms with Gasteiger partial charge in [-0.3, -0.25) is 0 Å². The first-order valence-corrected chi connectivity index (χ1v) is 8.05. The maximum absolute atomic E-state index is 11.0. The fraction of sp³-hybridized carbons (Fsp3) is 0.500. The van der Waals surface area contributed by atoms with Crippen LogP contribution in [-0.4, -0.2) is 21.3 Å². The first-order valence-electron chi connectivity index (χ1n) is 5.78. The van der Waals surface area contributed by atoms with Gasteiger partial charge in [0.05, 0.1) is 17.9 Å². The number of benzene rings is 1. The molecule has 0 spiro atoms. The van der Waals surface area contributed by atoms with Crippen molar-refractivity contribution >= 4 is 21.6 Å². The standard InChI is InChI=1S/C12H18ClNO3S/c1-3-4-7-17-12-6-5-10(8-11(12)13)9-14-18(2,15)16/h5-6,8,14H,3-4,7,9H2,1-2H3. The minimum absolute atomic E-state index is 0.230. The Kier molecular flexibility index (Phi) is 5.91. The maximum atomic E-state index is 11.0. The highest BCUT2D eigenvalue weighted by Crippen LogP contribution is 2.25. The van der Waals surface area contributed by atoms with E-state index in [1.165, 1.54) is 0 Å². The molecule has 0 aliphatic carbocycles. The lowest BCUT2D eigenvalue weighted by Crippen LogP contribution is -2.21. The average molecular weight is 292 g/mol. The summed E-state index contributed by atoms with van der Waals surface area (Å²) < 4.78 is 29.8. The van der Waals surface area contributed by atoms with Gasteiger partial charge in [-0.25, -0.2) is 13.1 Å². The van der Waals surface area contributed by atoms with E-state index in [4.69, 9.17) is 16.3 Å². The summed E-state index contributed by atoms with van der Waals surface area (Å²) in [7, 11) is -3.19. The second-order valence-corrected chi connectivity index (χ2v) is 6.30. The van der Waals surface area contributed by atoms with Crippen LogP contribution < -0.4 is 9.46 Å². The molecule has 0 atom stereocenters. The van der Waals surface area contributed by atoms with Crippen LogP contribution in [0.15, 0.2) is 18.2 Å². The van der Waals surface area contributed by atoms with E-state index in [-0.39, 0.29) is 6.54 Å². The van der Waals surface area contributed by atoms with Crippen molar-refractivity contribution in [3.63, 3.8) is 0 Å². The molecular weight excluding hydrogens is 274 g/mol. The highest BCUT2D eigenvalue weighted by molar-refractivity contribution is 7.88. The summed E-state index contributed by atoms with van der Waals surface area (Å²) in [5.41, 5.74) is 0.799. The molecule has 0 aliphatic heterocycles. The van der Waals surface area contributed by atoms with Crippen LogP contribution in [0.25, 0.3) is 0 Å². The van der Waals surface area contributed by atoms with Crippen molar-refractivity contribution in [2.45, 2.75) is 26.3 Å². The molecule has 0 saturated carbocycles. The van der Waals surface area contributed by atoms with Crippen LogP contribution in [0.2, 0.25) is 5.02 Å². The van der Waals surface area contributed by atoms with Crippen molar-refractivity contribution in [1.29, 1.82) is 0 Å². The highest BCUT2D eigenvalue weighted by atomic mass is 35.5. The van der Waals surface area contributed by atoms with Crippen LogP contribution in [0, 0.1) is 0 Å². The molecule has 1 N–H and O–H groups in total. The molecule has 0 radical (unpaired) electrons. The van der Waals surface area contributed by atoms with Gasteiger partial charge in [-0.15, -0.1) is 0 Å². The Balaban J connectivity index is 2.61. The van der Waals surface area contributed by atoms with Gasteiger partial charge in [0.15, 0.2) is 0 Å². The summed E-state index contributed by atoms with van der Waals surface area (Å²) in [5, 5.41) is 0.499. The molecule has 102 valence electrons. The summed E-state index contributed by atoms with van der Waals surface area (Å²) in [6, 6.07) is 5.27. The Labute approximate surface area is 113 Å². The number of hydrogen-bond acceptors (Lipinski definition) is 3. The van der Waals surface area contributed by atoms with Gasteiger partial charge in [0.25, 0.3) is 0 Å². The number of nitrogens with one attached hydrogen (secondary N) is 1. The fourth-order valence-electron chi connectivity index (χ4n) is 1.31. The number of sulfonamides is 1. The molecule has 0 unspecified atom stereocenters. The minimum atomic E-state index is -3.19. The fourth-order valence-corrected chi connectivity index (χ4v) is 2.00. The van der Waals surface area contributed by atoms with Gasteiger partial charge in [-0.1, -0.05) is 31.0 Å². The molecular formula is C12H18ClNO3S. The molecule has 6 heteroatoms. The summed E-state index contributed by atoms with van der Waals surface area (Å²) >= 11 is 6.06. The van der Waals surface area contributed by atoms with E-state index in [1.807, 2.05) is 0 Å². The van der Waals surface area contributed by atoms with E-state index in [9.17, 15) is 8.42 Å². The number of ether oxygens (including phenoxy) is 1. The van der Waals surface area contributed by atoms with Gasteiger partial charge < -0.3 is 4.74 Å². The van der Waals surface area contributed by atoms with Crippen LogP contribution in [0.1, 0.15) is 25.3 Å². The highest BCUT2D eigenvalue weighted by Gasteiger charge is 2.05.